The van der Waals surface area contributed by atoms with E-state index in [0.29, 0.717) is 42.2 Å². The van der Waals surface area contributed by atoms with Gasteiger partial charge in [0.05, 0.1) is 28.3 Å². The highest BCUT2D eigenvalue weighted by Crippen LogP contribution is 2.46. The number of hydrogen-bond donors (Lipinski definition) is 3. The summed E-state index contributed by atoms with van der Waals surface area (Å²) in [6.07, 6.45) is -2.88. The molecule has 3 aromatic carbocycles. The highest BCUT2D eigenvalue weighted by Gasteiger charge is 2.40. The van der Waals surface area contributed by atoms with E-state index in [1.54, 1.807) is 4.57 Å². The van der Waals surface area contributed by atoms with E-state index in [0.717, 1.165) is 30.5 Å². The zero-order chi connectivity index (χ0) is 33.0. The van der Waals surface area contributed by atoms with Crippen molar-refractivity contribution in [2.45, 2.75) is 50.9 Å². The van der Waals surface area contributed by atoms with E-state index in [1.807, 2.05) is 29.6 Å². The summed E-state index contributed by atoms with van der Waals surface area (Å²) < 4.78 is 71.0. The fourth-order valence-corrected chi connectivity index (χ4v) is 6.67. The SMILES string of the molecule is O=C(N[C@@H]1CCc2ccccc21)c1ccc(-c2c(NC(=O)C(F)(F)F)c(Cc3ccc(F)cc3F)nc3c4n(c(O)c23)CCC4)cc1. The maximum Gasteiger partial charge on any atom is 0.471 e. The van der Waals surface area contributed by atoms with Gasteiger partial charge >= 0.3 is 12.1 Å². The molecule has 3 heterocycles. The van der Waals surface area contributed by atoms with Gasteiger partial charge in [-0.2, -0.15) is 13.2 Å². The number of amides is 2. The molecule has 240 valence electrons. The van der Waals surface area contributed by atoms with Crippen molar-refractivity contribution in [2.75, 3.05) is 5.32 Å². The molecule has 7 nitrogen and oxygen atoms in total. The molecular formula is C35H27F5N4O3. The zero-order valence-corrected chi connectivity index (χ0v) is 24.7. The third kappa shape index (κ3) is 5.47. The van der Waals surface area contributed by atoms with Crippen LogP contribution in [0.1, 0.15) is 57.3 Å². The lowest BCUT2D eigenvalue weighted by Crippen LogP contribution is -2.31. The standard InChI is InChI=1S/C35H27F5N4O3/c36-22-13-11-21(24(37)17-22)16-26-30(43-34(47)35(38,39)40)28(29-31(41-26)27-6-3-15-44(27)33(29)46)19-7-9-20(10-8-19)32(45)42-25-14-12-18-4-1-2-5-23(18)25/h1-2,4-5,7-11,13,17,25,46H,3,6,12,14-16H2,(H,42,45)(H,43,47)/t25-/m1/s1. The molecule has 1 aliphatic heterocycles. The van der Waals surface area contributed by atoms with Crippen molar-refractivity contribution < 1.29 is 36.6 Å². The molecular weight excluding hydrogens is 619 g/mol. The molecule has 0 spiro atoms. The van der Waals surface area contributed by atoms with Crippen LogP contribution < -0.4 is 10.6 Å². The Balaban J connectivity index is 1.35. The van der Waals surface area contributed by atoms with Crippen LogP contribution >= 0.6 is 0 Å². The van der Waals surface area contributed by atoms with Crippen molar-refractivity contribution in [3.63, 3.8) is 0 Å². The molecule has 47 heavy (non-hydrogen) atoms. The van der Waals surface area contributed by atoms with Crippen molar-refractivity contribution >= 4 is 28.4 Å². The Bertz CT molecular complexity index is 2070. The average molecular weight is 647 g/mol. The van der Waals surface area contributed by atoms with Crippen LogP contribution in [0.3, 0.4) is 0 Å². The predicted octanol–water partition coefficient (Wildman–Crippen LogP) is 7.14. The number of benzene rings is 3. The zero-order valence-electron chi connectivity index (χ0n) is 24.7. The molecule has 0 radical (unpaired) electrons. The Hall–Kier alpha value is -5.26. The number of anilines is 1. The Kier molecular flexibility index (Phi) is 7.45. The van der Waals surface area contributed by atoms with Gasteiger partial charge in [0.15, 0.2) is 0 Å². The largest absolute Gasteiger partial charge is 0.494 e. The van der Waals surface area contributed by atoms with E-state index in [2.05, 4.69) is 10.3 Å². The van der Waals surface area contributed by atoms with Crippen molar-refractivity contribution in [2.24, 2.45) is 0 Å². The molecule has 12 heteroatoms. The number of alkyl halides is 3. The lowest BCUT2D eigenvalue weighted by molar-refractivity contribution is -0.167. The van der Waals surface area contributed by atoms with E-state index in [4.69, 9.17) is 0 Å². The number of aryl methyl sites for hydroxylation is 2. The molecule has 2 aliphatic rings. The third-order valence-corrected chi connectivity index (χ3v) is 8.89. The summed E-state index contributed by atoms with van der Waals surface area (Å²) in [6, 6.07) is 16.5. The van der Waals surface area contributed by atoms with Gasteiger partial charge in [-0.05, 0) is 66.1 Å². The minimum atomic E-state index is -5.28. The quantitative estimate of drug-likeness (QED) is 0.171. The number of aromatic nitrogens is 2. The molecule has 0 fully saturated rings. The molecule has 0 saturated carbocycles. The van der Waals surface area contributed by atoms with Gasteiger partial charge in [-0.25, -0.2) is 13.8 Å². The monoisotopic (exact) mass is 646 g/mol. The van der Waals surface area contributed by atoms with Crippen LogP contribution in [0.15, 0.2) is 66.7 Å². The molecule has 1 atom stereocenters. The van der Waals surface area contributed by atoms with Crippen molar-refractivity contribution in [3.05, 3.63) is 112 Å². The number of fused-ring (bicyclic) bond motifs is 4. The molecule has 2 amide bonds. The lowest BCUT2D eigenvalue weighted by Gasteiger charge is -2.19. The topological polar surface area (TPSA) is 96.3 Å². The Morgan fingerprint density at radius 1 is 1.00 bits per heavy atom. The summed E-state index contributed by atoms with van der Waals surface area (Å²) in [5.74, 6) is -4.65. The number of hydrogen-bond acceptors (Lipinski definition) is 4. The predicted molar refractivity (Wildman–Crippen MR) is 164 cm³/mol. The van der Waals surface area contributed by atoms with E-state index in [-0.39, 0.29) is 51.3 Å². The number of pyridine rings is 1. The first-order chi connectivity index (χ1) is 22.5. The van der Waals surface area contributed by atoms with Gasteiger partial charge in [-0.15, -0.1) is 0 Å². The van der Waals surface area contributed by atoms with Crippen LogP contribution in [0.5, 0.6) is 5.88 Å². The van der Waals surface area contributed by atoms with Crippen LogP contribution in [0.4, 0.5) is 27.6 Å². The highest BCUT2D eigenvalue weighted by atomic mass is 19.4. The van der Waals surface area contributed by atoms with Gasteiger partial charge in [-0.1, -0.05) is 42.5 Å². The Morgan fingerprint density at radius 2 is 1.77 bits per heavy atom. The average Bonchev–Trinajstić information content (AvgIpc) is 3.75. The second-order valence-electron chi connectivity index (χ2n) is 11.8. The summed E-state index contributed by atoms with van der Waals surface area (Å²) >= 11 is 0. The molecule has 2 aromatic heterocycles. The third-order valence-electron chi connectivity index (χ3n) is 8.89. The second-order valence-corrected chi connectivity index (χ2v) is 11.8. The fraction of sp³-hybridized carbons (Fsp3) is 0.229. The first kappa shape index (κ1) is 30.4. The van der Waals surface area contributed by atoms with Crippen LogP contribution in [-0.4, -0.2) is 32.6 Å². The van der Waals surface area contributed by atoms with Crippen LogP contribution in [0, 0.1) is 11.6 Å². The summed E-state index contributed by atoms with van der Waals surface area (Å²) in [4.78, 5) is 30.2. The minimum absolute atomic E-state index is 0.0289. The number of carbonyl (C=O) groups excluding carboxylic acids is 2. The van der Waals surface area contributed by atoms with Gasteiger partial charge in [0.2, 0.25) is 5.88 Å². The van der Waals surface area contributed by atoms with Gasteiger partial charge in [0.1, 0.15) is 11.6 Å². The van der Waals surface area contributed by atoms with Crippen LogP contribution in [0.25, 0.3) is 22.0 Å². The highest BCUT2D eigenvalue weighted by molar-refractivity contribution is 6.10. The number of rotatable bonds is 6. The molecule has 0 saturated heterocycles. The molecule has 7 rings (SSSR count). The first-order valence-electron chi connectivity index (χ1n) is 15.1. The number of nitrogens with one attached hydrogen (secondary N) is 2. The summed E-state index contributed by atoms with van der Waals surface area (Å²) in [7, 11) is 0. The Morgan fingerprint density at radius 3 is 2.51 bits per heavy atom. The minimum Gasteiger partial charge on any atom is -0.494 e. The summed E-state index contributed by atoms with van der Waals surface area (Å²) in [5, 5.41) is 16.4. The molecule has 5 aromatic rings. The normalized spacial score (nSPS) is 15.5. The maximum absolute atomic E-state index is 14.8. The van der Waals surface area contributed by atoms with Crippen molar-refractivity contribution in [1.82, 2.24) is 14.9 Å². The smallest absolute Gasteiger partial charge is 0.471 e. The molecule has 3 N–H and O–H groups in total. The van der Waals surface area contributed by atoms with E-state index in [9.17, 15) is 36.6 Å². The number of nitrogens with zero attached hydrogens (tertiary/aromatic N) is 2. The number of carbonyl (C=O) groups is 2. The summed E-state index contributed by atoms with van der Waals surface area (Å²) in [6.45, 7) is 0.437. The van der Waals surface area contributed by atoms with Crippen molar-refractivity contribution in [3.8, 4) is 17.0 Å². The maximum atomic E-state index is 14.8. The molecule has 0 bridgehead atoms. The van der Waals surface area contributed by atoms with Crippen LogP contribution in [0.2, 0.25) is 0 Å². The van der Waals surface area contributed by atoms with Gasteiger partial charge in [0, 0.05) is 35.9 Å². The van der Waals surface area contributed by atoms with E-state index >= 15 is 0 Å². The van der Waals surface area contributed by atoms with Crippen LogP contribution in [-0.2, 0) is 30.6 Å². The van der Waals surface area contributed by atoms with E-state index in [1.165, 1.54) is 29.8 Å². The number of aromatic hydroxyl groups is 1. The lowest BCUT2D eigenvalue weighted by atomic mass is 9.95. The van der Waals surface area contributed by atoms with E-state index < -0.39 is 30.1 Å². The molecule has 0 unspecified atom stereocenters. The number of halogens is 5. The van der Waals surface area contributed by atoms with Gasteiger partial charge in [-0.3, -0.25) is 9.59 Å². The fourth-order valence-electron chi connectivity index (χ4n) is 6.67. The van der Waals surface area contributed by atoms with Crippen molar-refractivity contribution in [1.29, 1.82) is 0 Å². The second kappa shape index (κ2) is 11.5. The van der Waals surface area contributed by atoms with Gasteiger partial charge in [0.25, 0.3) is 5.91 Å². The van der Waals surface area contributed by atoms with Gasteiger partial charge < -0.3 is 20.3 Å². The molecule has 1 aliphatic carbocycles. The first-order valence-corrected chi connectivity index (χ1v) is 15.1. The Labute approximate surface area is 265 Å². The summed E-state index contributed by atoms with van der Waals surface area (Å²) in [5.41, 5.74) is 3.18.